The second kappa shape index (κ2) is 5.33. The number of hydrogen-bond donors (Lipinski definition) is 0. The van der Waals surface area contributed by atoms with Gasteiger partial charge in [-0.3, -0.25) is 0 Å². The van der Waals surface area contributed by atoms with E-state index in [1.807, 2.05) is 31.3 Å². The van der Waals surface area contributed by atoms with E-state index in [4.69, 9.17) is 14.7 Å². The van der Waals surface area contributed by atoms with E-state index in [0.29, 0.717) is 27.6 Å². The lowest BCUT2D eigenvalue weighted by Crippen LogP contribution is -1.96. The smallest absolute Gasteiger partial charge is 0.173 e. The molecule has 0 saturated carbocycles. The van der Waals surface area contributed by atoms with Crippen LogP contribution in [0.1, 0.15) is 5.69 Å². The first-order valence-corrected chi connectivity index (χ1v) is 6.26. The fraction of sp³-hybridized carbons (Fsp3) is 0.231. The van der Waals surface area contributed by atoms with Crippen LogP contribution in [0.25, 0.3) is 11.4 Å². The highest BCUT2D eigenvalue weighted by atomic mass is 79.9. The topological polar surface area (TPSA) is 60.1 Å². The van der Waals surface area contributed by atoms with E-state index in [1.165, 1.54) is 0 Å². The molecule has 1 heterocycles. The van der Waals surface area contributed by atoms with Gasteiger partial charge in [-0.25, -0.2) is 4.98 Å². The summed E-state index contributed by atoms with van der Waals surface area (Å²) in [7, 11) is 5.02. The van der Waals surface area contributed by atoms with Crippen molar-refractivity contribution in [2.24, 2.45) is 7.05 Å². The molecule has 0 aliphatic carbocycles. The van der Waals surface area contributed by atoms with Gasteiger partial charge in [0.1, 0.15) is 28.0 Å². The molecule has 0 radical (unpaired) electrons. The third-order valence-electron chi connectivity index (χ3n) is 2.78. The second-order valence-electron chi connectivity index (χ2n) is 3.81. The number of aromatic nitrogens is 2. The van der Waals surface area contributed by atoms with Gasteiger partial charge in [-0.2, -0.15) is 5.26 Å². The Morgan fingerprint density at radius 3 is 2.58 bits per heavy atom. The molecule has 0 amide bonds. The molecule has 0 fully saturated rings. The van der Waals surface area contributed by atoms with Crippen LogP contribution in [-0.2, 0) is 7.05 Å². The second-order valence-corrected chi connectivity index (χ2v) is 4.56. The minimum absolute atomic E-state index is 0.336. The molecule has 0 unspecified atom stereocenters. The molecule has 0 bridgehead atoms. The standard InChI is InChI=1S/C13H12BrN3O2/c1-17-12(14)10(7-15)16-13(17)9-6-8(18-2)4-5-11(9)19-3/h4-6H,1-3H3. The average Bonchev–Trinajstić information content (AvgIpc) is 2.74. The summed E-state index contributed by atoms with van der Waals surface area (Å²) in [4.78, 5) is 4.30. The van der Waals surface area contributed by atoms with Crippen molar-refractivity contribution in [2.75, 3.05) is 14.2 Å². The molecule has 1 aromatic heterocycles. The maximum atomic E-state index is 9.02. The van der Waals surface area contributed by atoms with E-state index in [2.05, 4.69) is 20.9 Å². The lowest BCUT2D eigenvalue weighted by atomic mass is 10.1. The highest BCUT2D eigenvalue weighted by Crippen LogP contribution is 2.34. The minimum atomic E-state index is 0.336. The molecule has 0 atom stereocenters. The predicted molar refractivity (Wildman–Crippen MR) is 74.2 cm³/mol. The van der Waals surface area contributed by atoms with Crippen molar-refractivity contribution < 1.29 is 9.47 Å². The van der Waals surface area contributed by atoms with Gasteiger partial charge < -0.3 is 14.0 Å². The van der Waals surface area contributed by atoms with Crippen molar-refractivity contribution in [3.8, 4) is 29.0 Å². The van der Waals surface area contributed by atoms with Crippen molar-refractivity contribution in [1.29, 1.82) is 5.26 Å². The molecule has 19 heavy (non-hydrogen) atoms. The molecule has 5 nitrogen and oxygen atoms in total. The summed E-state index contributed by atoms with van der Waals surface area (Å²) in [5.41, 5.74) is 1.11. The summed E-state index contributed by atoms with van der Waals surface area (Å²) in [6, 6.07) is 7.49. The maximum Gasteiger partial charge on any atom is 0.173 e. The first-order valence-electron chi connectivity index (χ1n) is 5.47. The van der Waals surface area contributed by atoms with E-state index in [9.17, 15) is 0 Å². The van der Waals surface area contributed by atoms with Crippen LogP contribution in [0.2, 0.25) is 0 Å². The first-order chi connectivity index (χ1) is 9.12. The molecule has 6 heteroatoms. The Balaban J connectivity index is 2.67. The normalized spacial score (nSPS) is 10.1. The van der Waals surface area contributed by atoms with Gasteiger partial charge in [0, 0.05) is 7.05 Å². The van der Waals surface area contributed by atoms with Crippen molar-refractivity contribution >= 4 is 15.9 Å². The lowest BCUT2D eigenvalue weighted by molar-refractivity contribution is 0.404. The highest BCUT2D eigenvalue weighted by molar-refractivity contribution is 9.10. The van der Waals surface area contributed by atoms with Gasteiger partial charge in [0.2, 0.25) is 0 Å². The van der Waals surface area contributed by atoms with Gasteiger partial charge in [0.25, 0.3) is 0 Å². The molecule has 98 valence electrons. The van der Waals surface area contributed by atoms with E-state index in [-0.39, 0.29) is 0 Å². The Bertz CT molecular complexity index is 659. The van der Waals surface area contributed by atoms with Crippen LogP contribution in [0.15, 0.2) is 22.8 Å². The van der Waals surface area contributed by atoms with Crippen LogP contribution < -0.4 is 9.47 Å². The quantitative estimate of drug-likeness (QED) is 0.872. The Labute approximate surface area is 119 Å². The SMILES string of the molecule is COc1ccc(OC)c(-c2nc(C#N)c(Br)n2C)c1. The van der Waals surface area contributed by atoms with Crippen molar-refractivity contribution in [3.05, 3.63) is 28.5 Å². The van der Waals surface area contributed by atoms with Gasteiger partial charge in [0.15, 0.2) is 5.69 Å². The Hall–Kier alpha value is -2.00. The molecular weight excluding hydrogens is 310 g/mol. The van der Waals surface area contributed by atoms with Crippen LogP contribution in [-0.4, -0.2) is 23.8 Å². The largest absolute Gasteiger partial charge is 0.497 e. The molecule has 0 spiro atoms. The third-order valence-corrected chi connectivity index (χ3v) is 3.69. The zero-order chi connectivity index (χ0) is 14.0. The minimum Gasteiger partial charge on any atom is -0.497 e. The highest BCUT2D eigenvalue weighted by Gasteiger charge is 2.17. The fourth-order valence-corrected chi connectivity index (χ4v) is 2.12. The number of nitriles is 1. The monoisotopic (exact) mass is 321 g/mol. The van der Waals surface area contributed by atoms with Crippen LogP contribution in [0.4, 0.5) is 0 Å². The maximum absolute atomic E-state index is 9.02. The van der Waals surface area contributed by atoms with E-state index in [1.54, 1.807) is 18.8 Å². The zero-order valence-corrected chi connectivity index (χ0v) is 12.4. The van der Waals surface area contributed by atoms with Gasteiger partial charge in [-0.05, 0) is 34.1 Å². The lowest BCUT2D eigenvalue weighted by Gasteiger charge is -2.10. The predicted octanol–water partition coefficient (Wildman–Crippen LogP) is 2.74. The average molecular weight is 322 g/mol. The Kier molecular flexibility index (Phi) is 3.76. The molecule has 0 aliphatic rings. The summed E-state index contributed by atoms with van der Waals surface area (Å²) in [5, 5.41) is 9.02. The molecule has 0 N–H and O–H groups in total. The molecule has 1 aromatic carbocycles. The zero-order valence-electron chi connectivity index (χ0n) is 10.8. The summed E-state index contributed by atoms with van der Waals surface area (Å²) in [6.45, 7) is 0. The number of hydrogen-bond acceptors (Lipinski definition) is 4. The number of nitrogens with zero attached hydrogens (tertiary/aromatic N) is 3. The van der Waals surface area contributed by atoms with Gasteiger partial charge in [-0.15, -0.1) is 0 Å². The van der Waals surface area contributed by atoms with Crippen molar-refractivity contribution in [3.63, 3.8) is 0 Å². The fourth-order valence-electron chi connectivity index (χ4n) is 1.78. The molecule has 0 aliphatic heterocycles. The van der Waals surface area contributed by atoms with Gasteiger partial charge in [-0.1, -0.05) is 0 Å². The first kappa shape index (κ1) is 13.4. The van der Waals surface area contributed by atoms with Crippen molar-refractivity contribution in [2.45, 2.75) is 0 Å². The summed E-state index contributed by atoms with van der Waals surface area (Å²) < 4.78 is 13.0. The summed E-state index contributed by atoms with van der Waals surface area (Å²) in [5.74, 6) is 2.01. The summed E-state index contributed by atoms with van der Waals surface area (Å²) >= 11 is 3.35. The van der Waals surface area contributed by atoms with Gasteiger partial charge in [0.05, 0.1) is 19.8 Å². The number of imidazole rings is 1. The molecular formula is C13H12BrN3O2. The van der Waals surface area contributed by atoms with Gasteiger partial charge >= 0.3 is 0 Å². The number of halogens is 1. The Morgan fingerprint density at radius 2 is 2.05 bits per heavy atom. The van der Waals surface area contributed by atoms with Crippen LogP contribution in [0.5, 0.6) is 11.5 Å². The summed E-state index contributed by atoms with van der Waals surface area (Å²) in [6.07, 6.45) is 0. The molecule has 2 aromatic rings. The number of ether oxygens (including phenoxy) is 2. The van der Waals surface area contributed by atoms with E-state index < -0.39 is 0 Å². The molecule has 0 saturated heterocycles. The van der Waals surface area contributed by atoms with E-state index in [0.717, 1.165) is 5.56 Å². The third kappa shape index (κ3) is 2.29. The number of benzene rings is 1. The van der Waals surface area contributed by atoms with E-state index >= 15 is 0 Å². The Morgan fingerprint density at radius 1 is 1.32 bits per heavy atom. The van der Waals surface area contributed by atoms with Crippen LogP contribution in [0, 0.1) is 11.3 Å². The molecule has 2 rings (SSSR count). The number of methoxy groups -OCH3 is 2. The van der Waals surface area contributed by atoms with Crippen LogP contribution in [0.3, 0.4) is 0 Å². The van der Waals surface area contributed by atoms with Crippen molar-refractivity contribution in [1.82, 2.24) is 9.55 Å². The number of rotatable bonds is 3. The van der Waals surface area contributed by atoms with Crippen LogP contribution >= 0.6 is 15.9 Å².